The summed E-state index contributed by atoms with van der Waals surface area (Å²) in [7, 11) is -3.70. The average molecular weight is 242 g/mol. The molecule has 0 bridgehead atoms. The van der Waals surface area contributed by atoms with E-state index in [1.807, 2.05) is 0 Å². The summed E-state index contributed by atoms with van der Waals surface area (Å²) >= 11 is 0. The minimum Gasteiger partial charge on any atom is -0.300 e. The van der Waals surface area contributed by atoms with Gasteiger partial charge in [0.25, 0.3) is 0 Å². The molecule has 0 saturated heterocycles. The maximum atomic E-state index is 13.4. The number of Topliss-reactive ketones (excluding diaryl/α,β-unsaturated/α-hetero) is 1. The van der Waals surface area contributed by atoms with Crippen molar-refractivity contribution in [2.75, 3.05) is 0 Å². The van der Waals surface area contributed by atoms with Crippen molar-refractivity contribution in [1.29, 1.82) is 0 Å². The van der Waals surface area contributed by atoms with Gasteiger partial charge in [-0.1, -0.05) is 12.1 Å². The fourth-order valence-corrected chi connectivity index (χ4v) is 3.70. The lowest BCUT2D eigenvalue weighted by molar-refractivity contribution is -0.117. The van der Waals surface area contributed by atoms with Crippen LogP contribution in [0.2, 0.25) is 0 Å². The van der Waals surface area contributed by atoms with E-state index in [4.69, 9.17) is 0 Å². The van der Waals surface area contributed by atoms with E-state index in [9.17, 15) is 17.6 Å². The molecule has 1 saturated carbocycles. The van der Waals surface area contributed by atoms with Gasteiger partial charge in [0.05, 0.1) is 5.25 Å². The highest BCUT2D eigenvalue weighted by Gasteiger charge is 2.35. The Balaban J connectivity index is 2.40. The molecule has 1 aliphatic carbocycles. The van der Waals surface area contributed by atoms with Crippen LogP contribution in [0.5, 0.6) is 0 Å². The maximum absolute atomic E-state index is 13.4. The van der Waals surface area contributed by atoms with Gasteiger partial charge in [0.15, 0.2) is 9.84 Å². The van der Waals surface area contributed by atoms with Crippen molar-refractivity contribution in [3.05, 3.63) is 30.1 Å². The number of rotatable bonds is 2. The molecular formula is C11H11FO3S. The zero-order valence-corrected chi connectivity index (χ0v) is 9.34. The molecule has 16 heavy (non-hydrogen) atoms. The predicted molar refractivity (Wildman–Crippen MR) is 56.2 cm³/mol. The first-order valence-electron chi connectivity index (χ1n) is 5.02. The molecule has 0 N–H and O–H groups in total. The largest absolute Gasteiger partial charge is 0.300 e. The summed E-state index contributed by atoms with van der Waals surface area (Å²) in [5.41, 5.74) is 0. The Hall–Kier alpha value is -1.23. The topological polar surface area (TPSA) is 51.2 Å². The number of ketones is 1. The van der Waals surface area contributed by atoms with Gasteiger partial charge in [0, 0.05) is 12.8 Å². The van der Waals surface area contributed by atoms with Gasteiger partial charge in [-0.05, 0) is 18.6 Å². The lowest BCUT2D eigenvalue weighted by Gasteiger charge is -2.10. The fraction of sp³-hybridized carbons (Fsp3) is 0.364. The quantitative estimate of drug-likeness (QED) is 0.793. The second kappa shape index (κ2) is 3.97. The van der Waals surface area contributed by atoms with Crippen LogP contribution >= 0.6 is 0 Å². The summed E-state index contributed by atoms with van der Waals surface area (Å²) in [6.45, 7) is 0. The van der Waals surface area contributed by atoms with Crippen molar-refractivity contribution in [2.45, 2.75) is 29.4 Å². The van der Waals surface area contributed by atoms with E-state index in [2.05, 4.69) is 0 Å². The molecule has 5 heteroatoms. The zero-order valence-electron chi connectivity index (χ0n) is 8.52. The van der Waals surface area contributed by atoms with Crippen molar-refractivity contribution in [3.8, 4) is 0 Å². The number of hydrogen-bond donors (Lipinski definition) is 0. The van der Waals surface area contributed by atoms with Crippen molar-refractivity contribution in [2.24, 2.45) is 0 Å². The molecule has 3 nitrogen and oxygen atoms in total. The van der Waals surface area contributed by atoms with Crippen LogP contribution in [0.15, 0.2) is 29.2 Å². The molecule has 1 unspecified atom stereocenters. The summed E-state index contributed by atoms with van der Waals surface area (Å²) < 4.78 is 37.4. The Morgan fingerprint density at radius 2 is 1.94 bits per heavy atom. The van der Waals surface area contributed by atoms with Crippen LogP contribution in [0.1, 0.15) is 19.3 Å². The van der Waals surface area contributed by atoms with Crippen LogP contribution in [-0.4, -0.2) is 19.5 Å². The number of carbonyl (C=O) groups is 1. The van der Waals surface area contributed by atoms with Crippen LogP contribution in [0, 0.1) is 5.82 Å². The van der Waals surface area contributed by atoms with Crippen molar-refractivity contribution >= 4 is 15.6 Å². The normalized spacial score (nSPS) is 21.3. The summed E-state index contributed by atoms with van der Waals surface area (Å²) in [4.78, 5) is 10.8. The Kier molecular flexibility index (Phi) is 2.80. The highest BCUT2D eigenvalue weighted by molar-refractivity contribution is 7.92. The average Bonchev–Trinajstić information content (AvgIpc) is 2.66. The summed E-state index contributed by atoms with van der Waals surface area (Å²) in [5, 5.41) is -0.753. The second-order valence-corrected chi connectivity index (χ2v) is 6.08. The first-order chi connectivity index (χ1) is 7.51. The Labute approximate surface area is 93.2 Å². The lowest BCUT2D eigenvalue weighted by Crippen LogP contribution is -2.19. The first-order valence-corrected chi connectivity index (χ1v) is 6.56. The number of hydrogen-bond acceptors (Lipinski definition) is 3. The molecule has 1 aromatic carbocycles. The third kappa shape index (κ3) is 1.87. The van der Waals surface area contributed by atoms with Crippen LogP contribution in [0.4, 0.5) is 4.39 Å². The molecule has 1 aliphatic rings. The smallest absolute Gasteiger partial charge is 0.184 e. The second-order valence-electron chi connectivity index (χ2n) is 3.88. The van der Waals surface area contributed by atoms with Gasteiger partial charge < -0.3 is 0 Å². The minimum atomic E-state index is -3.70. The Morgan fingerprint density at radius 3 is 2.50 bits per heavy atom. The van der Waals surface area contributed by atoms with E-state index in [-0.39, 0.29) is 23.5 Å². The number of halogens is 1. The highest BCUT2D eigenvalue weighted by atomic mass is 32.2. The van der Waals surface area contributed by atoms with E-state index in [0.29, 0.717) is 6.42 Å². The number of sulfone groups is 1. The zero-order chi connectivity index (χ0) is 11.8. The molecule has 1 fully saturated rings. The molecule has 0 aliphatic heterocycles. The molecular weight excluding hydrogens is 231 g/mol. The van der Waals surface area contributed by atoms with Gasteiger partial charge in [-0.15, -0.1) is 0 Å². The SMILES string of the molecule is O=C1CCC(S(=O)(=O)c2ccccc2F)C1. The number of benzene rings is 1. The van der Waals surface area contributed by atoms with Gasteiger partial charge in [-0.2, -0.15) is 0 Å². The Bertz CT molecular complexity index is 522. The van der Waals surface area contributed by atoms with E-state index < -0.39 is 20.9 Å². The fourth-order valence-electron chi connectivity index (χ4n) is 1.90. The highest BCUT2D eigenvalue weighted by Crippen LogP contribution is 2.28. The van der Waals surface area contributed by atoms with Crippen molar-refractivity contribution < 1.29 is 17.6 Å². The van der Waals surface area contributed by atoms with E-state index >= 15 is 0 Å². The molecule has 0 radical (unpaired) electrons. The van der Waals surface area contributed by atoms with Crippen LogP contribution < -0.4 is 0 Å². The molecule has 0 aromatic heterocycles. The van der Waals surface area contributed by atoms with Crippen LogP contribution in [0.3, 0.4) is 0 Å². The van der Waals surface area contributed by atoms with Crippen molar-refractivity contribution in [3.63, 3.8) is 0 Å². The molecule has 0 spiro atoms. The molecule has 1 aromatic rings. The standard InChI is InChI=1S/C11H11FO3S/c12-10-3-1-2-4-11(10)16(14,15)9-6-5-8(13)7-9/h1-4,9H,5-7H2. The Morgan fingerprint density at radius 1 is 1.25 bits per heavy atom. The maximum Gasteiger partial charge on any atom is 0.184 e. The molecule has 2 rings (SSSR count). The van der Waals surface area contributed by atoms with Crippen LogP contribution in [-0.2, 0) is 14.6 Å². The van der Waals surface area contributed by atoms with Crippen LogP contribution in [0.25, 0.3) is 0 Å². The third-order valence-corrected chi connectivity index (χ3v) is 5.01. The minimum absolute atomic E-state index is 0.0106. The van der Waals surface area contributed by atoms with Gasteiger partial charge in [0.2, 0.25) is 0 Å². The monoisotopic (exact) mass is 242 g/mol. The predicted octanol–water partition coefficient (Wildman–Crippen LogP) is 1.72. The van der Waals surface area contributed by atoms with Gasteiger partial charge in [0.1, 0.15) is 16.5 Å². The molecule has 0 heterocycles. The number of carbonyl (C=O) groups excluding carboxylic acids is 1. The van der Waals surface area contributed by atoms with Gasteiger partial charge in [-0.25, -0.2) is 12.8 Å². The molecule has 1 atom stereocenters. The molecule has 0 amide bonds. The van der Waals surface area contributed by atoms with E-state index in [1.165, 1.54) is 18.2 Å². The van der Waals surface area contributed by atoms with Crippen molar-refractivity contribution in [1.82, 2.24) is 0 Å². The van der Waals surface area contributed by atoms with Gasteiger partial charge in [-0.3, -0.25) is 4.79 Å². The summed E-state index contributed by atoms with van der Waals surface area (Å²) in [6, 6.07) is 5.28. The third-order valence-electron chi connectivity index (χ3n) is 2.78. The summed E-state index contributed by atoms with van der Waals surface area (Å²) in [6.07, 6.45) is 0.588. The lowest BCUT2D eigenvalue weighted by atomic mass is 10.3. The first kappa shape index (κ1) is 11.3. The van der Waals surface area contributed by atoms with Gasteiger partial charge >= 0.3 is 0 Å². The van der Waals surface area contributed by atoms with E-state index in [0.717, 1.165) is 6.07 Å². The molecule has 86 valence electrons. The van der Waals surface area contributed by atoms with E-state index in [1.54, 1.807) is 0 Å². The summed E-state index contributed by atoms with van der Waals surface area (Å²) in [5.74, 6) is -0.813.